The highest BCUT2D eigenvalue weighted by Crippen LogP contribution is 2.08. The number of ether oxygens (including phenoxy) is 2. The molecule has 0 heterocycles. The number of alkyl carbamates (subject to hydrolysis) is 1. The largest absolute Gasteiger partial charge is 0.444 e. The predicted molar refractivity (Wildman–Crippen MR) is 67.8 cm³/mol. The number of amides is 1. The Labute approximate surface area is 104 Å². The van der Waals surface area contributed by atoms with E-state index in [1.54, 1.807) is 20.8 Å². The summed E-state index contributed by atoms with van der Waals surface area (Å²) in [6.45, 7) is 11.2. The van der Waals surface area contributed by atoms with E-state index in [9.17, 15) is 9.90 Å². The van der Waals surface area contributed by atoms with E-state index in [0.29, 0.717) is 6.42 Å². The van der Waals surface area contributed by atoms with Gasteiger partial charge in [-0.3, -0.25) is 0 Å². The third-order valence-electron chi connectivity index (χ3n) is 1.73. The van der Waals surface area contributed by atoms with Gasteiger partial charge < -0.3 is 19.9 Å². The monoisotopic (exact) mass is 249 g/mol. The molecule has 0 saturated heterocycles. The van der Waals surface area contributed by atoms with E-state index in [2.05, 4.69) is 5.32 Å². The fraction of sp³-hybridized carbons (Fsp3) is 0.917. The molecule has 0 aromatic carbocycles. The maximum Gasteiger partial charge on any atom is 0.408 e. The molecule has 1 unspecified atom stereocenters. The third kappa shape index (κ3) is 10.1. The van der Waals surface area contributed by atoms with Crippen LogP contribution in [0.5, 0.6) is 0 Å². The summed E-state index contributed by atoms with van der Waals surface area (Å²) in [6, 6.07) is -0.454. The van der Waals surface area contributed by atoms with E-state index < -0.39 is 24.0 Å². The number of rotatable bonds is 4. The SMILES string of the molecule is CC.CC[C@H](NC(=O)OC(C)(C)C)C(O)OC. The van der Waals surface area contributed by atoms with Gasteiger partial charge in [-0.25, -0.2) is 4.79 Å². The van der Waals surface area contributed by atoms with Crippen molar-refractivity contribution in [3.8, 4) is 0 Å². The van der Waals surface area contributed by atoms with Gasteiger partial charge in [0, 0.05) is 7.11 Å². The number of hydrogen-bond acceptors (Lipinski definition) is 4. The van der Waals surface area contributed by atoms with Crippen LogP contribution < -0.4 is 5.32 Å². The van der Waals surface area contributed by atoms with Crippen molar-refractivity contribution in [2.45, 2.75) is 65.9 Å². The molecular formula is C12H27NO4. The van der Waals surface area contributed by atoms with Gasteiger partial charge in [-0.2, -0.15) is 0 Å². The first-order chi connectivity index (χ1) is 7.80. The number of aliphatic hydroxyl groups is 1. The second kappa shape index (κ2) is 9.24. The average Bonchev–Trinajstić information content (AvgIpc) is 2.25. The van der Waals surface area contributed by atoms with Crippen LogP contribution in [0.25, 0.3) is 0 Å². The summed E-state index contributed by atoms with van der Waals surface area (Å²) in [5.41, 5.74) is -0.541. The van der Waals surface area contributed by atoms with E-state index >= 15 is 0 Å². The molecule has 0 aromatic rings. The lowest BCUT2D eigenvalue weighted by Gasteiger charge is -2.25. The van der Waals surface area contributed by atoms with Gasteiger partial charge in [-0.05, 0) is 27.2 Å². The molecular weight excluding hydrogens is 222 g/mol. The fourth-order valence-corrected chi connectivity index (χ4v) is 0.998. The number of nitrogens with one attached hydrogen (secondary N) is 1. The number of methoxy groups -OCH3 is 1. The molecule has 0 aromatic heterocycles. The molecule has 0 rings (SSSR count). The third-order valence-corrected chi connectivity index (χ3v) is 1.73. The molecule has 1 amide bonds. The minimum Gasteiger partial charge on any atom is -0.444 e. The normalized spacial score (nSPS) is 14.1. The van der Waals surface area contributed by atoms with Crippen LogP contribution in [0, 0.1) is 0 Å². The molecule has 0 aliphatic heterocycles. The Bertz CT molecular complexity index is 201. The zero-order valence-corrected chi connectivity index (χ0v) is 12.0. The topological polar surface area (TPSA) is 67.8 Å². The molecule has 2 N–H and O–H groups in total. The van der Waals surface area contributed by atoms with Gasteiger partial charge in [0.1, 0.15) is 5.60 Å². The minimum absolute atomic E-state index is 0.454. The van der Waals surface area contributed by atoms with Gasteiger partial charge in [0.05, 0.1) is 6.04 Å². The van der Waals surface area contributed by atoms with Gasteiger partial charge >= 0.3 is 6.09 Å². The number of carbonyl (C=O) groups excluding carboxylic acids is 1. The van der Waals surface area contributed by atoms with Crippen LogP contribution in [-0.4, -0.2) is 36.2 Å². The van der Waals surface area contributed by atoms with Crippen LogP contribution in [0.1, 0.15) is 48.0 Å². The van der Waals surface area contributed by atoms with E-state index in [4.69, 9.17) is 9.47 Å². The van der Waals surface area contributed by atoms with Crippen LogP contribution in [0.3, 0.4) is 0 Å². The first-order valence-corrected chi connectivity index (χ1v) is 6.00. The zero-order chi connectivity index (χ0) is 14.1. The van der Waals surface area contributed by atoms with E-state index in [0.717, 1.165) is 0 Å². The Kier molecular flexibility index (Phi) is 10.1. The van der Waals surface area contributed by atoms with Crippen LogP contribution in [0.15, 0.2) is 0 Å². The summed E-state index contributed by atoms with van der Waals surface area (Å²) >= 11 is 0. The summed E-state index contributed by atoms with van der Waals surface area (Å²) in [5, 5.41) is 11.9. The van der Waals surface area contributed by atoms with Gasteiger partial charge in [0.15, 0.2) is 6.29 Å². The quantitative estimate of drug-likeness (QED) is 0.750. The molecule has 5 heteroatoms. The lowest BCUT2D eigenvalue weighted by Crippen LogP contribution is -2.45. The highest BCUT2D eigenvalue weighted by Gasteiger charge is 2.22. The summed E-state index contributed by atoms with van der Waals surface area (Å²) in [5.74, 6) is 0. The van der Waals surface area contributed by atoms with Crippen molar-refractivity contribution in [1.29, 1.82) is 0 Å². The summed E-state index contributed by atoms with van der Waals surface area (Å²) in [7, 11) is 1.38. The van der Waals surface area contributed by atoms with E-state index in [-0.39, 0.29) is 0 Å². The standard InChI is InChI=1S/C10H21NO4.C2H6/c1-6-7(8(12)14-5)11-9(13)15-10(2,3)4;1-2/h7-8,12H,6H2,1-5H3,(H,11,13);1-2H3/t7-,8?;/m0./s1. The summed E-state index contributed by atoms with van der Waals surface area (Å²) in [6.07, 6.45) is -0.998. The zero-order valence-electron chi connectivity index (χ0n) is 12.0. The van der Waals surface area contributed by atoms with Crippen LogP contribution in [0.4, 0.5) is 4.79 Å². The van der Waals surface area contributed by atoms with Crippen molar-refractivity contribution < 1.29 is 19.4 Å². The van der Waals surface area contributed by atoms with Crippen LogP contribution >= 0.6 is 0 Å². The van der Waals surface area contributed by atoms with Crippen molar-refractivity contribution in [3.05, 3.63) is 0 Å². The van der Waals surface area contributed by atoms with Gasteiger partial charge in [-0.15, -0.1) is 0 Å². The first kappa shape index (κ1) is 18.6. The second-order valence-electron chi connectivity index (χ2n) is 4.29. The lowest BCUT2D eigenvalue weighted by molar-refractivity contribution is -0.0976. The molecule has 2 atom stereocenters. The number of hydrogen-bond donors (Lipinski definition) is 2. The fourth-order valence-electron chi connectivity index (χ4n) is 0.998. The van der Waals surface area contributed by atoms with E-state index in [1.807, 2.05) is 20.8 Å². The Morgan fingerprint density at radius 3 is 2.12 bits per heavy atom. The van der Waals surface area contributed by atoms with Gasteiger partial charge in [0.2, 0.25) is 0 Å². The molecule has 5 nitrogen and oxygen atoms in total. The number of aliphatic hydroxyl groups excluding tert-OH is 1. The molecule has 0 radical (unpaired) electrons. The first-order valence-electron chi connectivity index (χ1n) is 6.00. The molecule has 0 aliphatic rings. The lowest BCUT2D eigenvalue weighted by atomic mass is 10.2. The van der Waals surface area contributed by atoms with Crippen LogP contribution in [0.2, 0.25) is 0 Å². The molecule has 0 aliphatic carbocycles. The summed E-state index contributed by atoms with van der Waals surface area (Å²) in [4.78, 5) is 11.3. The Morgan fingerprint density at radius 2 is 1.82 bits per heavy atom. The molecule has 0 fully saturated rings. The maximum atomic E-state index is 11.3. The smallest absolute Gasteiger partial charge is 0.408 e. The number of carbonyl (C=O) groups is 1. The average molecular weight is 249 g/mol. The molecule has 0 bridgehead atoms. The maximum absolute atomic E-state index is 11.3. The predicted octanol–water partition coefficient (Wildman–Crippen LogP) is 2.28. The van der Waals surface area contributed by atoms with Crippen molar-refractivity contribution in [2.24, 2.45) is 0 Å². The highest BCUT2D eigenvalue weighted by molar-refractivity contribution is 5.68. The van der Waals surface area contributed by atoms with Gasteiger partial charge in [-0.1, -0.05) is 20.8 Å². The Hall–Kier alpha value is -0.810. The highest BCUT2D eigenvalue weighted by atomic mass is 16.6. The molecule has 104 valence electrons. The second-order valence-corrected chi connectivity index (χ2v) is 4.29. The van der Waals surface area contributed by atoms with Crippen LogP contribution in [-0.2, 0) is 9.47 Å². The Morgan fingerprint density at radius 1 is 1.35 bits per heavy atom. The molecule has 0 saturated carbocycles. The van der Waals surface area contributed by atoms with Gasteiger partial charge in [0.25, 0.3) is 0 Å². The Balaban J connectivity index is 0. The summed E-state index contributed by atoms with van der Waals surface area (Å²) < 4.78 is 9.77. The van der Waals surface area contributed by atoms with Crippen molar-refractivity contribution in [1.82, 2.24) is 5.32 Å². The molecule has 0 spiro atoms. The molecule has 17 heavy (non-hydrogen) atoms. The van der Waals surface area contributed by atoms with Crippen molar-refractivity contribution >= 4 is 6.09 Å². The minimum atomic E-state index is -1.01. The van der Waals surface area contributed by atoms with E-state index in [1.165, 1.54) is 7.11 Å². The van der Waals surface area contributed by atoms with Crippen molar-refractivity contribution in [3.63, 3.8) is 0 Å². The van der Waals surface area contributed by atoms with Crippen molar-refractivity contribution in [2.75, 3.05) is 7.11 Å².